The van der Waals surface area contributed by atoms with Crippen molar-refractivity contribution >= 4 is 10.0 Å². The summed E-state index contributed by atoms with van der Waals surface area (Å²) in [4.78, 5) is 2.35. The van der Waals surface area contributed by atoms with Gasteiger partial charge in [-0.05, 0) is 80.9 Å². The summed E-state index contributed by atoms with van der Waals surface area (Å²) in [6, 6.07) is 8.25. The number of likely N-dealkylation sites (N-methyl/N-ethyl adjacent to an activating group) is 1. The first kappa shape index (κ1) is 20.9. The first-order chi connectivity index (χ1) is 14.2. The lowest BCUT2D eigenvalue weighted by molar-refractivity contribution is -0.0903. The highest BCUT2D eigenvalue weighted by atomic mass is 32.2. The number of benzene rings is 1. The summed E-state index contributed by atoms with van der Waals surface area (Å²) in [5.41, 5.74) is -1.10. The van der Waals surface area contributed by atoms with E-state index in [2.05, 4.69) is 4.90 Å². The van der Waals surface area contributed by atoms with Gasteiger partial charge in [0, 0.05) is 26.2 Å². The molecule has 166 valence electrons. The molecule has 0 unspecified atom stereocenters. The fraction of sp³-hybridized carbons (Fsp3) is 0.739. The zero-order valence-corrected chi connectivity index (χ0v) is 18.6. The molecule has 1 aromatic rings. The molecule has 6 nitrogen and oxygen atoms in total. The second kappa shape index (κ2) is 7.27. The third kappa shape index (κ3) is 3.62. The quantitative estimate of drug-likeness (QED) is 0.715. The summed E-state index contributed by atoms with van der Waals surface area (Å²) in [7, 11) is -1.72. The van der Waals surface area contributed by atoms with E-state index in [0.717, 1.165) is 24.3 Å². The van der Waals surface area contributed by atoms with Crippen LogP contribution in [0, 0.1) is 23.2 Å². The maximum Gasteiger partial charge on any atom is 0.243 e. The number of aliphatic hydroxyl groups is 2. The SMILES string of the molecule is CN(CC12CC3CC(CC(C3)C1)C2)C[C@]1(O)CN(S(=O)(=O)c2ccccc2)C[C@H]1O. The molecule has 4 bridgehead atoms. The second-order valence-corrected chi connectivity index (χ2v) is 12.8. The van der Waals surface area contributed by atoms with E-state index in [0.29, 0.717) is 5.41 Å². The van der Waals surface area contributed by atoms with Gasteiger partial charge < -0.3 is 15.1 Å². The van der Waals surface area contributed by atoms with Crippen molar-refractivity contribution < 1.29 is 18.6 Å². The minimum absolute atomic E-state index is 0.0705. The minimum atomic E-state index is -3.73. The van der Waals surface area contributed by atoms with E-state index >= 15 is 0 Å². The highest BCUT2D eigenvalue weighted by Gasteiger charge is 2.53. The maximum absolute atomic E-state index is 12.9. The van der Waals surface area contributed by atoms with Crippen molar-refractivity contribution in [1.82, 2.24) is 9.21 Å². The zero-order chi connectivity index (χ0) is 21.1. The Bertz CT molecular complexity index is 854. The number of hydrogen-bond donors (Lipinski definition) is 2. The molecule has 1 aliphatic heterocycles. The van der Waals surface area contributed by atoms with Gasteiger partial charge in [-0.3, -0.25) is 0 Å². The van der Waals surface area contributed by atoms with Gasteiger partial charge >= 0.3 is 0 Å². The molecule has 1 heterocycles. The predicted molar refractivity (Wildman–Crippen MR) is 114 cm³/mol. The molecule has 30 heavy (non-hydrogen) atoms. The summed E-state index contributed by atoms with van der Waals surface area (Å²) in [6.45, 7) is 1.07. The predicted octanol–water partition coefficient (Wildman–Crippen LogP) is 1.93. The molecule has 1 aromatic carbocycles. The van der Waals surface area contributed by atoms with Crippen LogP contribution in [0.25, 0.3) is 0 Å². The van der Waals surface area contributed by atoms with Gasteiger partial charge in [0.1, 0.15) is 5.60 Å². The summed E-state index contributed by atoms with van der Waals surface area (Å²) in [5, 5.41) is 21.9. The van der Waals surface area contributed by atoms with Crippen LogP contribution in [0.5, 0.6) is 0 Å². The monoisotopic (exact) mass is 434 g/mol. The fourth-order valence-corrected chi connectivity index (χ4v) is 9.03. The molecular weight excluding hydrogens is 400 g/mol. The average molecular weight is 435 g/mol. The van der Waals surface area contributed by atoms with Gasteiger partial charge in [0.25, 0.3) is 0 Å². The normalized spacial score (nSPS) is 41.1. The minimum Gasteiger partial charge on any atom is -0.389 e. The average Bonchev–Trinajstić information content (AvgIpc) is 2.95. The zero-order valence-electron chi connectivity index (χ0n) is 17.8. The van der Waals surface area contributed by atoms with Gasteiger partial charge in [0.05, 0.1) is 11.0 Å². The highest BCUT2D eigenvalue weighted by molar-refractivity contribution is 7.89. The molecular formula is C23H34N2O4S. The van der Waals surface area contributed by atoms with Crippen LogP contribution >= 0.6 is 0 Å². The summed E-state index contributed by atoms with van der Waals surface area (Å²) < 4.78 is 27.1. The first-order valence-corrected chi connectivity index (χ1v) is 12.8. The number of nitrogens with zero attached hydrogens (tertiary/aromatic N) is 2. The standard InChI is InChI=1S/C23H34N2O4S/c1-24(14-22-10-17-7-18(11-22)9-19(8-17)12-22)15-23(27)16-25(13-21(23)26)30(28,29)20-5-3-2-4-6-20/h2-6,17-19,21,26-27H,7-16H2,1H3/t17?,18?,19?,21-,22?,23+/m1/s1. The molecule has 4 aliphatic carbocycles. The fourth-order valence-electron chi connectivity index (χ4n) is 7.50. The van der Waals surface area contributed by atoms with Crippen LogP contribution in [-0.4, -0.2) is 72.8 Å². The Morgan fingerprint density at radius 1 is 1.03 bits per heavy atom. The van der Waals surface area contributed by atoms with Crippen LogP contribution < -0.4 is 0 Å². The van der Waals surface area contributed by atoms with E-state index in [4.69, 9.17) is 0 Å². The Morgan fingerprint density at radius 2 is 1.60 bits per heavy atom. The first-order valence-electron chi connectivity index (χ1n) is 11.3. The molecule has 1 saturated heterocycles. The topological polar surface area (TPSA) is 81.1 Å². The summed E-state index contributed by atoms with van der Waals surface area (Å²) in [6.07, 6.45) is 6.99. The molecule has 7 heteroatoms. The summed E-state index contributed by atoms with van der Waals surface area (Å²) in [5.74, 6) is 2.61. The highest BCUT2D eigenvalue weighted by Crippen LogP contribution is 2.60. The van der Waals surface area contributed by atoms with Crippen LogP contribution in [0.3, 0.4) is 0 Å². The number of β-amino-alcohol motifs (C(OH)–C–C–N with tert-alkyl or cyclic N) is 2. The third-order valence-corrected chi connectivity index (χ3v) is 9.97. The Balaban J connectivity index is 1.27. The molecule has 0 radical (unpaired) electrons. The van der Waals surface area contributed by atoms with Crippen LogP contribution in [0.15, 0.2) is 35.2 Å². The van der Waals surface area contributed by atoms with E-state index in [9.17, 15) is 18.6 Å². The lowest BCUT2D eigenvalue weighted by Gasteiger charge is -2.58. The largest absolute Gasteiger partial charge is 0.389 e. The Morgan fingerprint density at radius 3 is 2.17 bits per heavy atom. The Labute approximate surface area is 179 Å². The van der Waals surface area contributed by atoms with Gasteiger partial charge in [-0.1, -0.05) is 18.2 Å². The number of aliphatic hydroxyl groups excluding tert-OH is 1. The second-order valence-electron chi connectivity index (χ2n) is 10.8. The molecule has 5 aliphatic rings. The van der Waals surface area contributed by atoms with Crippen molar-refractivity contribution in [2.75, 3.05) is 33.2 Å². The van der Waals surface area contributed by atoms with E-state index in [1.54, 1.807) is 30.3 Å². The van der Waals surface area contributed by atoms with Gasteiger partial charge in [0.15, 0.2) is 0 Å². The Hall–Kier alpha value is -0.990. The molecule has 4 saturated carbocycles. The van der Waals surface area contributed by atoms with Gasteiger partial charge in [-0.15, -0.1) is 0 Å². The number of hydrogen-bond acceptors (Lipinski definition) is 5. The molecule has 5 fully saturated rings. The van der Waals surface area contributed by atoms with E-state index in [1.807, 2.05) is 7.05 Å². The molecule has 2 N–H and O–H groups in total. The van der Waals surface area contributed by atoms with Crippen molar-refractivity contribution in [2.24, 2.45) is 23.2 Å². The maximum atomic E-state index is 12.9. The van der Waals surface area contributed by atoms with E-state index in [1.165, 1.54) is 42.8 Å². The lowest BCUT2D eigenvalue weighted by Crippen LogP contribution is -2.55. The van der Waals surface area contributed by atoms with Crippen LogP contribution in [0.1, 0.15) is 38.5 Å². The smallest absolute Gasteiger partial charge is 0.243 e. The van der Waals surface area contributed by atoms with Gasteiger partial charge in [-0.2, -0.15) is 4.31 Å². The van der Waals surface area contributed by atoms with Gasteiger partial charge in [0.2, 0.25) is 10.0 Å². The van der Waals surface area contributed by atoms with Crippen LogP contribution in [0.2, 0.25) is 0 Å². The lowest BCUT2D eigenvalue weighted by atomic mass is 9.49. The van der Waals surface area contributed by atoms with Gasteiger partial charge in [-0.25, -0.2) is 8.42 Å². The molecule has 2 atom stereocenters. The molecule has 0 spiro atoms. The van der Waals surface area contributed by atoms with Crippen LogP contribution in [-0.2, 0) is 10.0 Å². The third-order valence-electron chi connectivity index (χ3n) is 8.14. The molecule has 6 rings (SSSR count). The Kier molecular flexibility index (Phi) is 5.06. The van der Waals surface area contributed by atoms with Crippen molar-refractivity contribution in [2.45, 2.75) is 55.1 Å². The molecule has 0 amide bonds. The number of sulfonamides is 1. The molecule has 0 aromatic heterocycles. The van der Waals surface area contributed by atoms with Crippen LogP contribution in [0.4, 0.5) is 0 Å². The van der Waals surface area contributed by atoms with Crippen molar-refractivity contribution in [3.63, 3.8) is 0 Å². The summed E-state index contributed by atoms with van der Waals surface area (Å²) >= 11 is 0. The van der Waals surface area contributed by atoms with E-state index in [-0.39, 0.29) is 24.5 Å². The van der Waals surface area contributed by atoms with Crippen molar-refractivity contribution in [1.29, 1.82) is 0 Å². The van der Waals surface area contributed by atoms with Crippen molar-refractivity contribution in [3.05, 3.63) is 30.3 Å². The van der Waals surface area contributed by atoms with E-state index < -0.39 is 21.7 Å². The van der Waals surface area contributed by atoms with Crippen molar-refractivity contribution in [3.8, 4) is 0 Å². The number of rotatable bonds is 6.